The summed E-state index contributed by atoms with van der Waals surface area (Å²) >= 11 is 0. The monoisotopic (exact) mass is 361 g/mol. The van der Waals surface area contributed by atoms with Crippen LogP contribution in [0.1, 0.15) is 48.0 Å². The van der Waals surface area contributed by atoms with Crippen LogP contribution >= 0.6 is 0 Å². The number of hydrogen-bond acceptors (Lipinski definition) is 4. The molecule has 0 saturated heterocycles. The molecule has 6 heteroatoms. The third-order valence-electron chi connectivity index (χ3n) is 5.02. The topological polar surface area (TPSA) is 72.7 Å². The largest absolute Gasteiger partial charge is 0.352 e. The summed E-state index contributed by atoms with van der Waals surface area (Å²) in [7, 11) is 0. The second-order valence-electron chi connectivity index (χ2n) is 6.96. The number of amides is 1. The number of carbonyl (C=O) groups is 1. The van der Waals surface area contributed by atoms with E-state index in [2.05, 4.69) is 26.7 Å². The standard InChI is InChI=1S/C21H23N5O/c1-15-9-10-17(21(27)23-13-11-16-6-3-2-4-7-16)14-19(15)26-20-18(24-25-26)8-5-12-22-20/h5-6,8-10,12,14H,2-4,7,11,13H2,1H3,(H,23,27). The second-order valence-corrected chi connectivity index (χ2v) is 6.96. The molecule has 0 atom stereocenters. The molecule has 0 unspecified atom stereocenters. The molecular weight excluding hydrogens is 338 g/mol. The minimum Gasteiger partial charge on any atom is -0.352 e. The normalized spacial score (nSPS) is 14.2. The Morgan fingerprint density at radius 2 is 2.19 bits per heavy atom. The molecule has 2 heterocycles. The summed E-state index contributed by atoms with van der Waals surface area (Å²) in [5.41, 5.74) is 5.32. The summed E-state index contributed by atoms with van der Waals surface area (Å²) in [6, 6.07) is 9.34. The molecule has 6 nitrogen and oxygen atoms in total. The highest BCUT2D eigenvalue weighted by Crippen LogP contribution is 2.21. The zero-order chi connectivity index (χ0) is 18.6. The van der Waals surface area contributed by atoms with Gasteiger partial charge in [0.25, 0.3) is 5.91 Å². The summed E-state index contributed by atoms with van der Waals surface area (Å²) in [6.45, 7) is 2.66. The molecule has 4 rings (SSSR count). The lowest BCUT2D eigenvalue weighted by atomic mass is 9.97. The van der Waals surface area contributed by atoms with Crippen LogP contribution in [0.15, 0.2) is 48.2 Å². The average molecular weight is 361 g/mol. The molecule has 0 fully saturated rings. The minimum absolute atomic E-state index is 0.0648. The summed E-state index contributed by atoms with van der Waals surface area (Å²) in [5, 5.41) is 11.4. The first-order chi connectivity index (χ1) is 13.2. The molecule has 27 heavy (non-hydrogen) atoms. The van der Waals surface area contributed by atoms with Crippen LogP contribution < -0.4 is 5.32 Å². The number of benzene rings is 1. The fourth-order valence-electron chi connectivity index (χ4n) is 3.48. The Morgan fingerprint density at radius 1 is 1.26 bits per heavy atom. The third-order valence-corrected chi connectivity index (χ3v) is 5.02. The van der Waals surface area contributed by atoms with Gasteiger partial charge >= 0.3 is 0 Å². The van der Waals surface area contributed by atoms with Gasteiger partial charge in [-0.05, 0) is 68.9 Å². The smallest absolute Gasteiger partial charge is 0.251 e. The Kier molecular flexibility index (Phi) is 4.96. The van der Waals surface area contributed by atoms with Crippen LogP contribution in [0.4, 0.5) is 0 Å². The number of aryl methyl sites for hydroxylation is 1. The van der Waals surface area contributed by atoms with Crippen molar-refractivity contribution in [2.45, 2.75) is 39.0 Å². The first-order valence-electron chi connectivity index (χ1n) is 9.46. The first kappa shape index (κ1) is 17.4. The predicted molar refractivity (Wildman–Crippen MR) is 105 cm³/mol. The molecule has 0 bridgehead atoms. The number of nitrogens with one attached hydrogen (secondary N) is 1. The maximum absolute atomic E-state index is 12.6. The van der Waals surface area contributed by atoms with Crippen LogP contribution in [-0.4, -0.2) is 32.4 Å². The van der Waals surface area contributed by atoms with Crippen molar-refractivity contribution in [3.8, 4) is 5.69 Å². The van der Waals surface area contributed by atoms with Gasteiger partial charge in [-0.1, -0.05) is 22.9 Å². The average Bonchev–Trinajstić information content (AvgIpc) is 3.13. The summed E-state index contributed by atoms with van der Waals surface area (Å²) < 4.78 is 1.69. The molecule has 1 aliphatic rings. The molecule has 1 amide bonds. The molecule has 0 aliphatic heterocycles. The summed E-state index contributed by atoms with van der Waals surface area (Å²) in [6.07, 6.45) is 9.86. The van der Waals surface area contributed by atoms with E-state index in [4.69, 9.17) is 0 Å². The highest BCUT2D eigenvalue weighted by Gasteiger charge is 2.13. The number of carbonyl (C=O) groups excluding carboxylic acids is 1. The van der Waals surface area contributed by atoms with Crippen LogP contribution in [0, 0.1) is 6.92 Å². The number of nitrogens with zero attached hydrogens (tertiary/aromatic N) is 4. The number of aromatic nitrogens is 4. The quantitative estimate of drug-likeness (QED) is 0.703. The molecule has 0 radical (unpaired) electrons. The van der Waals surface area contributed by atoms with E-state index in [1.54, 1.807) is 10.9 Å². The van der Waals surface area contributed by atoms with Crippen molar-refractivity contribution in [1.82, 2.24) is 25.3 Å². The van der Waals surface area contributed by atoms with Crippen LogP contribution in [-0.2, 0) is 0 Å². The number of hydrogen-bond donors (Lipinski definition) is 1. The summed E-state index contributed by atoms with van der Waals surface area (Å²) in [4.78, 5) is 17.0. The van der Waals surface area contributed by atoms with Gasteiger partial charge < -0.3 is 5.32 Å². The lowest BCUT2D eigenvalue weighted by molar-refractivity contribution is 0.0954. The van der Waals surface area contributed by atoms with Crippen molar-refractivity contribution in [3.63, 3.8) is 0 Å². The summed E-state index contributed by atoms with van der Waals surface area (Å²) in [5.74, 6) is -0.0648. The second kappa shape index (κ2) is 7.70. The maximum Gasteiger partial charge on any atom is 0.251 e. The van der Waals surface area contributed by atoms with E-state index in [9.17, 15) is 4.79 Å². The number of fused-ring (bicyclic) bond motifs is 1. The maximum atomic E-state index is 12.6. The predicted octanol–water partition coefficient (Wildman–Crippen LogP) is 3.74. The van der Waals surface area contributed by atoms with E-state index in [-0.39, 0.29) is 5.91 Å². The van der Waals surface area contributed by atoms with E-state index in [1.807, 2.05) is 37.3 Å². The zero-order valence-corrected chi connectivity index (χ0v) is 15.5. The Balaban J connectivity index is 1.51. The molecule has 3 aromatic rings. The minimum atomic E-state index is -0.0648. The van der Waals surface area contributed by atoms with Crippen LogP contribution in [0.25, 0.3) is 16.9 Å². The van der Waals surface area contributed by atoms with Crippen molar-refractivity contribution in [3.05, 3.63) is 59.3 Å². The highest BCUT2D eigenvalue weighted by molar-refractivity contribution is 5.95. The number of allylic oxidation sites excluding steroid dienone is 1. The van der Waals surface area contributed by atoms with E-state index in [0.717, 1.165) is 29.6 Å². The van der Waals surface area contributed by atoms with Crippen molar-refractivity contribution >= 4 is 17.1 Å². The lowest BCUT2D eigenvalue weighted by Gasteiger charge is -2.13. The number of pyridine rings is 1. The van der Waals surface area contributed by atoms with Gasteiger partial charge in [0.1, 0.15) is 5.52 Å². The molecule has 2 aromatic heterocycles. The van der Waals surface area contributed by atoms with E-state index < -0.39 is 0 Å². The molecule has 1 N–H and O–H groups in total. The molecule has 138 valence electrons. The van der Waals surface area contributed by atoms with Gasteiger partial charge in [0.2, 0.25) is 0 Å². The van der Waals surface area contributed by atoms with Gasteiger partial charge in [0.05, 0.1) is 5.69 Å². The van der Waals surface area contributed by atoms with Crippen molar-refractivity contribution in [2.24, 2.45) is 0 Å². The van der Waals surface area contributed by atoms with Gasteiger partial charge in [-0.25, -0.2) is 4.98 Å². The SMILES string of the molecule is Cc1ccc(C(=O)NCCC2=CCCCC2)cc1-n1nnc2cccnc21. The molecule has 0 saturated carbocycles. The third kappa shape index (κ3) is 3.74. The lowest BCUT2D eigenvalue weighted by Crippen LogP contribution is -2.25. The molecule has 1 aromatic carbocycles. The molecule has 0 spiro atoms. The molecular formula is C21H23N5O. The van der Waals surface area contributed by atoms with Crippen molar-refractivity contribution in [1.29, 1.82) is 0 Å². The highest BCUT2D eigenvalue weighted by atomic mass is 16.1. The Labute approximate surface area is 158 Å². The Hall–Kier alpha value is -3.02. The molecule has 1 aliphatic carbocycles. The fourth-order valence-corrected chi connectivity index (χ4v) is 3.48. The van der Waals surface area contributed by atoms with E-state index in [0.29, 0.717) is 17.8 Å². The Morgan fingerprint density at radius 3 is 3.04 bits per heavy atom. The van der Waals surface area contributed by atoms with Crippen LogP contribution in [0.2, 0.25) is 0 Å². The Bertz CT molecular complexity index is 1000. The van der Waals surface area contributed by atoms with Gasteiger partial charge in [-0.2, -0.15) is 4.68 Å². The van der Waals surface area contributed by atoms with Gasteiger partial charge in [0.15, 0.2) is 5.65 Å². The van der Waals surface area contributed by atoms with Gasteiger partial charge in [0, 0.05) is 18.3 Å². The van der Waals surface area contributed by atoms with E-state index >= 15 is 0 Å². The van der Waals surface area contributed by atoms with Crippen LogP contribution in [0.3, 0.4) is 0 Å². The van der Waals surface area contributed by atoms with Gasteiger partial charge in [-0.3, -0.25) is 4.79 Å². The van der Waals surface area contributed by atoms with Crippen molar-refractivity contribution < 1.29 is 4.79 Å². The van der Waals surface area contributed by atoms with Crippen molar-refractivity contribution in [2.75, 3.05) is 6.54 Å². The van der Waals surface area contributed by atoms with E-state index in [1.165, 1.54) is 24.8 Å². The van der Waals surface area contributed by atoms with Gasteiger partial charge in [-0.15, -0.1) is 5.10 Å². The van der Waals surface area contributed by atoms with Crippen LogP contribution in [0.5, 0.6) is 0 Å². The number of rotatable bonds is 5. The fraction of sp³-hybridized carbons (Fsp3) is 0.333. The zero-order valence-electron chi connectivity index (χ0n) is 15.5. The first-order valence-corrected chi connectivity index (χ1v) is 9.46.